The van der Waals surface area contributed by atoms with Gasteiger partial charge in [-0.15, -0.1) is 0 Å². The number of nitrogens with two attached hydrogens (primary N) is 1. The summed E-state index contributed by atoms with van der Waals surface area (Å²) in [4.78, 5) is 12.3. The maximum Gasteiger partial charge on any atom is 0.264 e. The first-order valence-corrected chi connectivity index (χ1v) is 9.67. The van der Waals surface area contributed by atoms with E-state index in [1.54, 1.807) is 24.3 Å². The van der Waals surface area contributed by atoms with Gasteiger partial charge in [0.15, 0.2) is 6.79 Å². The minimum absolute atomic E-state index is 0.0729. The van der Waals surface area contributed by atoms with Crippen molar-refractivity contribution in [3.05, 3.63) is 64.7 Å². The van der Waals surface area contributed by atoms with E-state index in [-0.39, 0.29) is 23.8 Å². The molecule has 0 unspecified atom stereocenters. The second-order valence-electron chi connectivity index (χ2n) is 5.38. The SMILES string of the molecule is COCOc1ccc(C=C(CN)C(=O)NS(=O)(=O)c2ccc(Cl)cc2)cc1. The Morgan fingerprint density at radius 1 is 1.15 bits per heavy atom. The van der Waals surface area contributed by atoms with Crippen LogP contribution in [0.15, 0.2) is 59.0 Å². The molecule has 9 heteroatoms. The van der Waals surface area contributed by atoms with Gasteiger partial charge in [-0.2, -0.15) is 0 Å². The molecule has 144 valence electrons. The molecule has 0 aliphatic rings. The third-order valence-electron chi connectivity index (χ3n) is 3.43. The maximum atomic E-state index is 12.3. The number of carbonyl (C=O) groups excluding carboxylic acids is 1. The summed E-state index contributed by atoms with van der Waals surface area (Å²) in [7, 11) is -2.51. The number of amides is 1. The summed E-state index contributed by atoms with van der Waals surface area (Å²) >= 11 is 5.75. The smallest absolute Gasteiger partial charge is 0.264 e. The zero-order valence-electron chi connectivity index (χ0n) is 14.5. The molecule has 0 saturated heterocycles. The highest BCUT2D eigenvalue weighted by Gasteiger charge is 2.19. The number of nitrogens with one attached hydrogen (secondary N) is 1. The molecule has 0 aliphatic heterocycles. The highest BCUT2D eigenvalue weighted by molar-refractivity contribution is 7.90. The predicted octanol–water partition coefficient (Wildman–Crippen LogP) is 2.17. The van der Waals surface area contributed by atoms with E-state index in [1.807, 2.05) is 4.72 Å². The van der Waals surface area contributed by atoms with Gasteiger partial charge in [0, 0.05) is 24.3 Å². The summed E-state index contributed by atoms with van der Waals surface area (Å²) in [6.07, 6.45) is 1.51. The van der Waals surface area contributed by atoms with Crippen LogP contribution in [0.5, 0.6) is 5.75 Å². The van der Waals surface area contributed by atoms with Crippen LogP contribution in [0.4, 0.5) is 0 Å². The molecule has 2 aromatic carbocycles. The van der Waals surface area contributed by atoms with Crippen LogP contribution in [-0.4, -0.2) is 34.8 Å². The van der Waals surface area contributed by atoms with Gasteiger partial charge >= 0.3 is 0 Å². The Morgan fingerprint density at radius 3 is 2.33 bits per heavy atom. The average Bonchev–Trinajstić information content (AvgIpc) is 2.65. The van der Waals surface area contributed by atoms with Crippen LogP contribution in [0.1, 0.15) is 5.56 Å². The standard InChI is InChI=1S/C18H19ClN2O5S/c1-25-12-26-16-6-2-13(3-7-16)10-14(11-20)18(22)21-27(23,24)17-8-4-15(19)5-9-17/h2-10H,11-12,20H2,1H3,(H,21,22). The Hall–Kier alpha value is -2.39. The summed E-state index contributed by atoms with van der Waals surface area (Å²) in [5.41, 5.74) is 6.39. The van der Waals surface area contributed by atoms with E-state index in [0.29, 0.717) is 16.3 Å². The van der Waals surface area contributed by atoms with Crippen LogP contribution >= 0.6 is 11.6 Å². The van der Waals surface area contributed by atoms with Gasteiger partial charge in [-0.3, -0.25) is 4.79 Å². The fraction of sp³-hybridized carbons (Fsp3) is 0.167. The van der Waals surface area contributed by atoms with E-state index in [0.717, 1.165) is 0 Å². The number of hydrogen-bond donors (Lipinski definition) is 2. The third kappa shape index (κ3) is 6.07. The predicted molar refractivity (Wildman–Crippen MR) is 103 cm³/mol. The lowest BCUT2D eigenvalue weighted by atomic mass is 10.1. The van der Waals surface area contributed by atoms with Crippen LogP contribution in [-0.2, 0) is 19.6 Å². The van der Waals surface area contributed by atoms with Crippen molar-refractivity contribution in [3.8, 4) is 5.75 Å². The summed E-state index contributed by atoms with van der Waals surface area (Å²) in [5.74, 6) is -0.203. The molecule has 0 atom stereocenters. The fourth-order valence-corrected chi connectivity index (χ4v) is 3.18. The van der Waals surface area contributed by atoms with Crippen LogP contribution < -0.4 is 15.2 Å². The summed E-state index contributed by atoms with van der Waals surface area (Å²) in [5, 5.41) is 0.390. The molecular formula is C18H19ClN2O5S. The normalized spacial score (nSPS) is 11.9. The number of benzene rings is 2. The number of halogens is 1. The quantitative estimate of drug-likeness (QED) is 0.510. The molecule has 3 N–H and O–H groups in total. The van der Waals surface area contributed by atoms with E-state index >= 15 is 0 Å². The van der Waals surface area contributed by atoms with Crippen LogP contribution in [0.3, 0.4) is 0 Å². The van der Waals surface area contributed by atoms with Gasteiger partial charge in [0.2, 0.25) is 0 Å². The van der Waals surface area contributed by atoms with E-state index in [9.17, 15) is 13.2 Å². The van der Waals surface area contributed by atoms with Gasteiger partial charge in [-0.25, -0.2) is 13.1 Å². The van der Waals surface area contributed by atoms with Crippen molar-refractivity contribution in [2.75, 3.05) is 20.4 Å². The number of methoxy groups -OCH3 is 1. The van der Waals surface area contributed by atoms with Crippen molar-refractivity contribution in [1.82, 2.24) is 4.72 Å². The van der Waals surface area contributed by atoms with Crippen LogP contribution in [0.2, 0.25) is 5.02 Å². The fourth-order valence-electron chi connectivity index (χ4n) is 2.07. The average molecular weight is 411 g/mol. The van der Waals surface area contributed by atoms with E-state index in [4.69, 9.17) is 26.8 Å². The Bertz CT molecular complexity index is 910. The largest absolute Gasteiger partial charge is 0.468 e. The first-order valence-electron chi connectivity index (χ1n) is 7.81. The number of carbonyl (C=O) groups is 1. The van der Waals surface area contributed by atoms with Gasteiger partial charge in [-0.1, -0.05) is 23.7 Å². The van der Waals surface area contributed by atoms with Crippen molar-refractivity contribution in [3.63, 3.8) is 0 Å². The summed E-state index contributed by atoms with van der Waals surface area (Å²) in [6, 6.07) is 12.3. The molecule has 2 rings (SSSR count). The molecule has 0 bridgehead atoms. The Labute approximate surface area is 162 Å². The lowest BCUT2D eigenvalue weighted by Gasteiger charge is -2.09. The van der Waals surface area contributed by atoms with Gasteiger partial charge in [0.05, 0.1) is 4.90 Å². The molecule has 27 heavy (non-hydrogen) atoms. The summed E-state index contributed by atoms with van der Waals surface area (Å²) in [6.45, 7) is -0.0158. The number of sulfonamides is 1. The zero-order chi connectivity index (χ0) is 19.9. The maximum absolute atomic E-state index is 12.3. The first-order chi connectivity index (χ1) is 12.9. The molecule has 0 aliphatic carbocycles. The molecule has 0 saturated carbocycles. The van der Waals surface area contributed by atoms with Crippen molar-refractivity contribution < 1.29 is 22.7 Å². The van der Waals surface area contributed by atoms with Crippen molar-refractivity contribution in [2.45, 2.75) is 4.90 Å². The van der Waals surface area contributed by atoms with Crippen molar-refractivity contribution in [1.29, 1.82) is 0 Å². The molecular weight excluding hydrogens is 392 g/mol. The topological polar surface area (TPSA) is 108 Å². The van der Waals surface area contributed by atoms with E-state index in [1.165, 1.54) is 37.5 Å². The number of hydrogen-bond acceptors (Lipinski definition) is 6. The first kappa shape index (κ1) is 20.9. The number of rotatable bonds is 8. The van der Waals surface area contributed by atoms with Crippen molar-refractivity contribution >= 4 is 33.6 Å². The van der Waals surface area contributed by atoms with Crippen LogP contribution in [0.25, 0.3) is 6.08 Å². The summed E-state index contributed by atoms with van der Waals surface area (Å²) < 4.78 is 36.7. The molecule has 0 aromatic heterocycles. The van der Waals surface area contributed by atoms with Crippen molar-refractivity contribution in [2.24, 2.45) is 5.73 Å². The lowest BCUT2D eigenvalue weighted by Crippen LogP contribution is -2.33. The van der Waals surface area contributed by atoms with Gasteiger partial charge < -0.3 is 15.2 Å². The van der Waals surface area contributed by atoms with Gasteiger partial charge in [-0.05, 0) is 48.0 Å². The molecule has 0 fully saturated rings. The third-order valence-corrected chi connectivity index (χ3v) is 5.03. The molecule has 0 radical (unpaired) electrons. The molecule has 0 heterocycles. The van der Waals surface area contributed by atoms with Gasteiger partial charge in [0.25, 0.3) is 15.9 Å². The lowest BCUT2D eigenvalue weighted by molar-refractivity contribution is -0.115. The van der Waals surface area contributed by atoms with Crippen LogP contribution in [0, 0.1) is 0 Å². The molecule has 2 aromatic rings. The van der Waals surface area contributed by atoms with E-state index < -0.39 is 15.9 Å². The molecule has 0 spiro atoms. The zero-order valence-corrected chi connectivity index (χ0v) is 16.1. The molecule has 7 nitrogen and oxygen atoms in total. The monoisotopic (exact) mass is 410 g/mol. The second-order valence-corrected chi connectivity index (χ2v) is 7.50. The highest BCUT2D eigenvalue weighted by Crippen LogP contribution is 2.16. The van der Waals surface area contributed by atoms with E-state index in [2.05, 4.69) is 0 Å². The minimum Gasteiger partial charge on any atom is -0.468 e. The Balaban J connectivity index is 2.14. The van der Waals surface area contributed by atoms with Gasteiger partial charge in [0.1, 0.15) is 5.75 Å². The Kier molecular flexibility index (Phi) is 7.37. The Morgan fingerprint density at radius 2 is 1.78 bits per heavy atom. The minimum atomic E-state index is -4.03. The molecule has 1 amide bonds. The highest BCUT2D eigenvalue weighted by atomic mass is 35.5. The second kappa shape index (κ2) is 9.52. The number of ether oxygens (including phenoxy) is 2.